The van der Waals surface area contributed by atoms with Gasteiger partial charge in [0.2, 0.25) is 0 Å². The van der Waals surface area contributed by atoms with E-state index in [0.29, 0.717) is 22.9 Å². The predicted molar refractivity (Wildman–Crippen MR) is 87.0 cm³/mol. The average molecular weight is 408 g/mol. The van der Waals surface area contributed by atoms with Crippen molar-refractivity contribution in [3.63, 3.8) is 0 Å². The minimum atomic E-state index is -3.50. The van der Waals surface area contributed by atoms with Crippen LogP contribution in [0.5, 0.6) is 0 Å². The van der Waals surface area contributed by atoms with Crippen LogP contribution >= 0.6 is 33.9 Å². The summed E-state index contributed by atoms with van der Waals surface area (Å²) >= 11 is 3.40. The lowest BCUT2D eigenvalue weighted by Gasteiger charge is -2.06. The third-order valence-corrected chi connectivity index (χ3v) is 6.06. The molecule has 1 heterocycles. The van der Waals surface area contributed by atoms with Crippen molar-refractivity contribution >= 4 is 49.6 Å². The third kappa shape index (κ3) is 3.91. The Hall–Kier alpha value is -0.640. The van der Waals surface area contributed by atoms with E-state index in [1.807, 2.05) is 12.1 Å². The van der Waals surface area contributed by atoms with Gasteiger partial charge in [0.25, 0.3) is 10.0 Å². The van der Waals surface area contributed by atoms with E-state index in [4.69, 9.17) is 5.73 Å². The zero-order valence-corrected chi connectivity index (χ0v) is 13.8. The summed E-state index contributed by atoms with van der Waals surface area (Å²) in [5.74, 6) is 0. The normalized spacial score (nSPS) is 11.5. The molecule has 7 heteroatoms. The van der Waals surface area contributed by atoms with E-state index >= 15 is 0 Å². The second-order valence-electron chi connectivity index (χ2n) is 3.88. The quantitative estimate of drug-likeness (QED) is 0.748. The van der Waals surface area contributed by atoms with E-state index in [1.165, 1.54) is 11.3 Å². The molecule has 0 radical (unpaired) electrons. The highest BCUT2D eigenvalue weighted by Crippen LogP contribution is 2.24. The highest BCUT2D eigenvalue weighted by Gasteiger charge is 2.16. The molecule has 1 aromatic heterocycles. The first-order valence-electron chi connectivity index (χ1n) is 5.58. The highest BCUT2D eigenvalue weighted by molar-refractivity contribution is 14.1. The number of anilines is 1. The molecule has 0 aliphatic carbocycles. The van der Waals surface area contributed by atoms with Gasteiger partial charge in [0.1, 0.15) is 4.21 Å². The van der Waals surface area contributed by atoms with Gasteiger partial charge in [-0.3, -0.25) is 4.72 Å². The van der Waals surface area contributed by atoms with Crippen LogP contribution in [0.15, 0.2) is 40.6 Å². The van der Waals surface area contributed by atoms with Gasteiger partial charge in [0, 0.05) is 14.1 Å². The summed E-state index contributed by atoms with van der Waals surface area (Å²) in [6.45, 7) is 0.518. The standard InChI is InChI=1S/C12H13IN2O2S2/c13-9-2-1-3-10(8-9)15-19(16,17)12-5-4-11(18-12)6-7-14/h1-5,8,15H,6-7,14H2. The number of nitrogens with one attached hydrogen (secondary N) is 1. The Morgan fingerprint density at radius 2 is 2.05 bits per heavy atom. The van der Waals surface area contributed by atoms with Gasteiger partial charge in [-0.15, -0.1) is 11.3 Å². The number of thiophene rings is 1. The van der Waals surface area contributed by atoms with Crippen LogP contribution in [0.1, 0.15) is 4.88 Å². The fourth-order valence-corrected chi connectivity index (χ4v) is 4.50. The summed E-state index contributed by atoms with van der Waals surface area (Å²) in [6.07, 6.45) is 0.698. The minimum Gasteiger partial charge on any atom is -0.330 e. The Labute approximate surface area is 130 Å². The zero-order valence-electron chi connectivity index (χ0n) is 9.97. The fourth-order valence-electron chi connectivity index (χ4n) is 1.54. The lowest BCUT2D eigenvalue weighted by molar-refractivity contribution is 0.603. The number of nitrogens with two attached hydrogens (primary N) is 1. The lowest BCUT2D eigenvalue weighted by atomic mass is 10.3. The van der Waals surface area contributed by atoms with Crippen LogP contribution in [-0.4, -0.2) is 15.0 Å². The summed E-state index contributed by atoms with van der Waals surface area (Å²) in [5.41, 5.74) is 6.03. The summed E-state index contributed by atoms with van der Waals surface area (Å²) in [6, 6.07) is 10.7. The Morgan fingerprint density at radius 3 is 2.74 bits per heavy atom. The minimum absolute atomic E-state index is 0.315. The van der Waals surface area contributed by atoms with E-state index in [9.17, 15) is 8.42 Å². The van der Waals surface area contributed by atoms with Crippen molar-refractivity contribution in [1.82, 2.24) is 0 Å². The van der Waals surface area contributed by atoms with E-state index in [1.54, 1.807) is 24.3 Å². The zero-order chi connectivity index (χ0) is 13.9. The molecule has 102 valence electrons. The van der Waals surface area contributed by atoms with Gasteiger partial charge < -0.3 is 5.73 Å². The molecule has 0 unspecified atom stereocenters. The maximum Gasteiger partial charge on any atom is 0.271 e. The smallest absolute Gasteiger partial charge is 0.271 e. The van der Waals surface area contributed by atoms with E-state index in [0.717, 1.165) is 8.45 Å². The first kappa shape index (κ1) is 14.8. The van der Waals surface area contributed by atoms with Gasteiger partial charge in [-0.1, -0.05) is 6.07 Å². The summed E-state index contributed by atoms with van der Waals surface area (Å²) < 4.78 is 28.3. The van der Waals surface area contributed by atoms with Gasteiger partial charge in [-0.25, -0.2) is 8.42 Å². The first-order valence-corrected chi connectivity index (χ1v) is 8.96. The van der Waals surface area contributed by atoms with Crippen LogP contribution in [0.25, 0.3) is 0 Å². The molecule has 2 rings (SSSR count). The number of hydrogen-bond donors (Lipinski definition) is 2. The maximum atomic E-state index is 12.2. The van der Waals surface area contributed by atoms with Gasteiger partial charge in [-0.05, 0) is 65.9 Å². The number of sulfonamides is 1. The number of benzene rings is 1. The Morgan fingerprint density at radius 1 is 1.26 bits per heavy atom. The topological polar surface area (TPSA) is 72.2 Å². The van der Waals surface area contributed by atoms with Crippen LogP contribution in [0.2, 0.25) is 0 Å². The lowest BCUT2D eigenvalue weighted by Crippen LogP contribution is -2.11. The molecule has 1 aromatic carbocycles. The fraction of sp³-hybridized carbons (Fsp3) is 0.167. The van der Waals surface area contributed by atoms with Crippen LogP contribution in [-0.2, 0) is 16.4 Å². The summed E-state index contributed by atoms with van der Waals surface area (Å²) in [4.78, 5) is 0.977. The maximum absolute atomic E-state index is 12.2. The van der Waals surface area contributed by atoms with Crippen molar-refractivity contribution < 1.29 is 8.42 Å². The van der Waals surface area contributed by atoms with Gasteiger partial charge in [0.05, 0.1) is 0 Å². The second kappa shape index (κ2) is 6.21. The molecule has 19 heavy (non-hydrogen) atoms. The van der Waals surface area contributed by atoms with Crippen molar-refractivity contribution in [2.75, 3.05) is 11.3 Å². The predicted octanol–water partition coefficient (Wildman–Crippen LogP) is 2.65. The van der Waals surface area contributed by atoms with Crippen molar-refractivity contribution in [1.29, 1.82) is 0 Å². The van der Waals surface area contributed by atoms with Crippen molar-refractivity contribution in [3.05, 3.63) is 44.8 Å². The molecule has 0 atom stereocenters. The Kier molecular flexibility index (Phi) is 4.82. The molecule has 0 saturated carbocycles. The van der Waals surface area contributed by atoms with E-state index in [2.05, 4.69) is 27.3 Å². The van der Waals surface area contributed by atoms with Gasteiger partial charge in [-0.2, -0.15) is 0 Å². The molecule has 4 nitrogen and oxygen atoms in total. The molecular weight excluding hydrogens is 395 g/mol. The second-order valence-corrected chi connectivity index (χ2v) is 8.20. The molecule has 0 aliphatic heterocycles. The van der Waals surface area contributed by atoms with Crippen LogP contribution < -0.4 is 10.5 Å². The van der Waals surface area contributed by atoms with Crippen LogP contribution in [0, 0.1) is 3.57 Å². The van der Waals surface area contributed by atoms with Crippen molar-refractivity contribution in [2.24, 2.45) is 5.73 Å². The highest BCUT2D eigenvalue weighted by atomic mass is 127. The Bertz CT molecular complexity index is 668. The van der Waals surface area contributed by atoms with Gasteiger partial charge >= 0.3 is 0 Å². The molecule has 0 amide bonds. The SMILES string of the molecule is NCCc1ccc(S(=O)(=O)Nc2cccc(I)c2)s1. The van der Waals surface area contributed by atoms with Crippen LogP contribution in [0.4, 0.5) is 5.69 Å². The number of hydrogen-bond acceptors (Lipinski definition) is 4. The van der Waals surface area contributed by atoms with Crippen LogP contribution in [0.3, 0.4) is 0 Å². The monoisotopic (exact) mass is 408 g/mol. The molecule has 0 saturated heterocycles. The molecular formula is C12H13IN2O2S2. The molecule has 2 aromatic rings. The van der Waals surface area contributed by atoms with E-state index < -0.39 is 10.0 Å². The van der Waals surface area contributed by atoms with E-state index in [-0.39, 0.29) is 0 Å². The largest absolute Gasteiger partial charge is 0.330 e. The molecule has 0 bridgehead atoms. The van der Waals surface area contributed by atoms with Crippen molar-refractivity contribution in [2.45, 2.75) is 10.6 Å². The van der Waals surface area contributed by atoms with Gasteiger partial charge in [0.15, 0.2) is 0 Å². The summed E-state index contributed by atoms with van der Waals surface area (Å²) in [5, 5.41) is 0. The molecule has 3 N–H and O–H groups in total. The Balaban J connectivity index is 2.22. The van der Waals surface area contributed by atoms with Crippen molar-refractivity contribution in [3.8, 4) is 0 Å². The average Bonchev–Trinajstić information content (AvgIpc) is 2.78. The molecule has 0 aliphatic rings. The molecule has 0 spiro atoms. The number of halogens is 1. The third-order valence-electron chi connectivity index (χ3n) is 2.37. The first-order chi connectivity index (χ1) is 9.01. The number of rotatable bonds is 5. The summed E-state index contributed by atoms with van der Waals surface area (Å²) in [7, 11) is -3.50. The molecule has 0 fully saturated rings.